The summed E-state index contributed by atoms with van der Waals surface area (Å²) in [4.78, 5) is 0. The Labute approximate surface area is 67.6 Å². The van der Waals surface area contributed by atoms with Gasteiger partial charge in [-0.3, -0.25) is 0 Å². The Kier molecular flexibility index (Phi) is 4.50. The Morgan fingerprint density at radius 3 is 2.91 bits per heavy atom. The maximum Gasteiger partial charge on any atom is 0.0842 e. The highest BCUT2D eigenvalue weighted by Gasteiger charge is 2.21. The van der Waals surface area contributed by atoms with Crippen LogP contribution in [0.2, 0.25) is 0 Å². The molecule has 0 aromatic carbocycles. The van der Waals surface area contributed by atoms with Crippen LogP contribution in [0.4, 0.5) is 0 Å². The third-order valence-corrected chi connectivity index (χ3v) is 1.48. The number of methoxy groups -OCH3 is 1. The van der Waals surface area contributed by atoms with Crippen LogP contribution in [0.15, 0.2) is 0 Å². The molecule has 1 atom stereocenters. The largest absolute Gasteiger partial charge is 0.382 e. The summed E-state index contributed by atoms with van der Waals surface area (Å²) in [7, 11) is 1.67. The predicted octanol–water partition coefficient (Wildman–Crippen LogP) is 0.643. The Hall–Kier alpha value is -0.120. The van der Waals surface area contributed by atoms with Gasteiger partial charge in [0.15, 0.2) is 0 Å². The zero-order chi connectivity index (χ0) is 7.94. The molecule has 0 aliphatic carbocycles. The van der Waals surface area contributed by atoms with E-state index >= 15 is 0 Å². The molecular formula is C8H15O3. The van der Waals surface area contributed by atoms with E-state index in [1.165, 1.54) is 0 Å². The first kappa shape index (κ1) is 8.97. The van der Waals surface area contributed by atoms with Crippen molar-refractivity contribution in [3.63, 3.8) is 0 Å². The van der Waals surface area contributed by atoms with Gasteiger partial charge in [-0.2, -0.15) is 0 Å². The van der Waals surface area contributed by atoms with E-state index < -0.39 is 0 Å². The van der Waals surface area contributed by atoms with Gasteiger partial charge in [0, 0.05) is 13.7 Å². The van der Waals surface area contributed by atoms with Crippen LogP contribution in [0.5, 0.6) is 0 Å². The van der Waals surface area contributed by atoms with Crippen LogP contribution in [-0.2, 0) is 14.2 Å². The highest BCUT2D eigenvalue weighted by atomic mass is 16.6. The fraction of sp³-hybridized carbons (Fsp3) is 0.875. The van der Waals surface area contributed by atoms with Gasteiger partial charge in [0.2, 0.25) is 0 Å². The number of epoxide rings is 1. The first-order valence-corrected chi connectivity index (χ1v) is 3.95. The number of rotatable bonds is 7. The van der Waals surface area contributed by atoms with E-state index in [1.807, 2.05) is 0 Å². The van der Waals surface area contributed by atoms with Crippen molar-refractivity contribution in [1.29, 1.82) is 0 Å². The van der Waals surface area contributed by atoms with E-state index in [0.717, 1.165) is 19.6 Å². The molecule has 1 rings (SSSR count). The first-order chi connectivity index (χ1) is 5.43. The second kappa shape index (κ2) is 5.52. The molecule has 1 heterocycles. The molecule has 3 heteroatoms. The zero-order valence-electron chi connectivity index (χ0n) is 6.91. The van der Waals surface area contributed by atoms with Gasteiger partial charge in [-0.1, -0.05) is 0 Å². The molecule has 0 spiro atoms. The Bertz CT molecular complexity index is 91.3. The van der Waals surface area contributed by atoms with E-state index in [2.05, 4.69) is 6.42 Å². The second-order valence-electron chi connectivity index (χ2n) is 2.50. The van der Waals surface area contributed by atoms with Crippen LogP contribution >= 0.6 is 0 Å². The Morgan fingerprint density at radius 2 is 2.27 bits per heavy atom. The molecule has 11 heavy (non-hydrogen) atoms. The lowest BCUT2D eigenvalue weighted by atomic mass is 10.3. The third-order valence-electron chi connectivity index (χ3n) is 1.48. The average molecular weight is 159 g/mol. The Morgan fingerprint density at radius 1 is 1.45 bits per heavy atom. The molecule has 0 aromatic rings. The van der Waals surface area contributed by atoms with Crippen LogP contribution in [-0.4, -0.2) is 39.6 Å². The quantitative estimate of drug-likeness (QED) is 0.403. The Balaban J connectivity index is 1.66. The van der Waals surface area contributed by atoms with Gasteiger partial charge in [0.25, 0.3) is 0 Å². The number of hydrogen-bond donors (Lipinski definition) is 0. The maximum atomic E-state index is 5.24. The monoisotopic (exact) mass is 159 g/mol. The molecule has 1 aliphatic heterocycles. The van der Waals surface area contributed by atoms with Crippen LogP contribution in [0.25, 0.3) is 0 Å². The fourth-order valence-corrected chi connectivity index (χ4v) is 0.773. The lowest BCUT2D eigenvalue weighted by Crippen LogP contribution is -2.03. The van der Waals surface area contributed by atoms with Crippen LogP contribution in [0.3, 0.4) is 0 Å². The average Bonchev–Trinajstić information content (AvgIpc) is 2.80. The lowest BCUT2D eigenvalue weighted by Gasteiger charge is -2.01. The molecular weight excluding hydrogens is 144 g/mol. The summed E-state index contributed by atoms with van der Waals surface area (Å²) < 4.78 is 15.1. The third kappa shape index (κ3) is 5.18. The molecule has 65 valence electrons. The molecule has 0 N–H and O–H groups in total. The molecule has 1 aliphatic rings. The minimum atomic E-state index is 0.418. The summed E-state index contributed by atoms with van der Waals surface area (Å²) in [5, 5.41) is 0. The van der Waals surface area contributed by atoms with Crippen molar-refractivity contribution in [2.24, 2.45) is 0 Å². The van der Waals surface area contributed by atoms with E-state index in [-0.39, 0.29) is 0 Å². The van der Waals surface area contributed by atoms with Gasteiger partial charge in [-0.25, -0.2) is 0 Å². The van der Waals surface area contributed by atoms with Gasteiger partial charge >= 0.3 is 0 Å². The van der Waals surface area contributed by atoms with Crippen LogP contribution in [0.1, 0.15) is 6.42 Å². The zero-order valence-corrected chi connectivity index (χ0v) is 6.91. The van der Waals surface area contributed by atoms with Crippen molar-refractivity contribution in [3.05, 3.63) is 6.42 Å². The molecule has 1 unspecified atom stereocenters. The van der Waals surface area contributed by atoms with Gasteiger partial charge in [0.05, 0.1) is 25.9 Å². The minimum Gasteiger partial charge on any atom is -0.382 e. The smallest absolute Gasteiger partial charge is 0.0842 e. The number of hydrogen-bond acceptors (Lipinski definition) is 3. The summed E-state index contributed by atoms with van der Waals surface area (Å²) in [6.07, 6.45) is 3.54. The lowest BCUT2D eigenvalue weighted by molar-refractivity contribution is 0.0715. The topological polar surface area (TPSA) is 31.0 Å². The molecule has 1 fully saturated rings. The van der Waals surface area contributed by atoms with Gasteiger partial charge in [-0.05, 0) is 12.8 Å². The molecule has 0 aromatic heterocycles. The molecule has 1 radical (unpaired) electrons. The molecule has 0 amide bonds. The fourth-order valence-electron chi connectivity index (χ4n) is 0.773. The van der Waals surface area contributed by atoms with Crippen molar-refractivity contribution in [2.75, 3.05) is 33.5 Å². The van der Waals surface area contributed by atoms with Crippen LogP contribution < -0.4 is 0 Å². The second-order valence-corrected chi connectivity index (χ2v) is 2.50. The van der Waals surface area contributed by atoms with Crippen molar-refractivity contribution in [2.45, 2.75) is 12.5 Å². The predicted molar refractivity (Wildman–Crippen MR) is 41.4 cm³/mol. The highest BCUT2D eigenvalue weighted by Crippen LogP contribution is 2.13. The van der Waals surface area contributed by atoms with E-state index in [9.17, 15) is 0 Å². The van der Waals surface area contributed by atoms with E-state index in [0.29, 0.717) is 19.3 Å². The van der Waals surface area contributed by atoms with Crippen molar-refractivity contribution in [1.82, 2.24) is 0 Å². The van der Waals surface area contributed by atoms with Crippen molar-refractivity contribution < 1.29 is 14.2 Å². The summed E-state index contributed by atoms with van der Waals surface area (Å²) in [5.74, 6) is 0. The van der Waals surface area contributed by atoms with E-state index in [4.69, 9.17) is 14.2 Å². The summed E-state index contributed by atoms with van der Waals surface area (Å²) in [5.41, 5.74) is 0. The highest BCUT2D eigenvalue weighted by molar-refractivity contribution is 4.85. The molecule has 0 bridgehead atoms. The van der Waals surface area contributed by atoms with Crippen LogP contribution in [0, 0.1) is 6.42 Å². The van der Waals surface area contributed by atoms with Gasteiger partial charge < -0.3 is 14.2 Å². The van der Waals surface area contributed by atoms with Gasteiger partial charge in [-0.15, -0.1) is 0 Å². The minimum absolute atomic E-state index is 0.418. The molecule has 1 saturated heterocycles. The summed E-state index contributed by atoms with van der Waals surface area (Å²) >= 11 is 0. The SMILES string of the molecule is COCCOCC[CH]C1CO1. The standard InChI is InChI=1S/C8H15O3/c1-9-5-6-10-4-2-3-8-7-11-8/h3,8H,2,4-7H2,1H3. The molecule has 0 saturated carbocycles. The van der Waals surface area contributed by atoms with E-state index in [1.54, 1.807) is 7.11 Å². The van der Waals surface area contributed by atoms with Crippen molar-refractivity contribution in [3.8, 4) is 0 Å². The first-order valence-electron chi connectivity index (χ1n) is 3.95. The number of ether oxygens (including phenoxy) is 3. The van der Waals surface area contributed by atoms with Crippen molar-refractivity contribution >= 4 is 0 Å². The summed E-state index contributed by atoms with van der Waals surface area (Å²) in [6.45, 7) is 3.05. The molecule has 3 nitrogen and oxygen atoms in total. The maximum absolute atomic E-state index is 5.24. The van der Waals surface area contributed by atoms with Gasteiger partial charge in [0.1, 0.15) is 0 Å². The normalized spacial score (nSPS) is 22.1. The summed E-state index contributed by atoms with van der Waals surface area (Å²) in [6, 6.07) is 0.